The predicted octanol–water partition coefficient (Wildman–Crippen LogP) is 3.86. The quantitative estimate of drug-likeness (QED) is 0.895. The van der Waals surface area contributed by atoms with Gasteiger partial charge in [-0.05, 0) is 49.9 Å². The molecule has 0 aliphatic heterocycles. The van der Waals surface area contributed by atoms with Crippen LogP contribution in [-0.2, 0) is 6.42 Å². The van der Waals surface area contributed by atoms with Crippen molar-refractivity contribution in [3.8, 4) is 0 Å². The standard InChI is InChI=1S/C16H22N2S/c1-2-17-11-13-7-5-6-12(13)10-16-18-14-8-3-4-9-15(14)19-16/h3-4,8-9,12-13,17H,2,5-7,10-11H2,1H3. The topological polar surface area (TPSA) is 24.9 Å². The van der Waals surface area contributed by atoms with Gasteiger partial charge in [0.2, 0.25) is 0 Å². The summed E-state index contributed by atoms with van der Waals surface area (Å²) in [6.45, 7) is 4.47. The van der Waals surface area contributed by atoms with Gasteiger partial charge in [-0.3, -0.25) is 0 Å². The summed E-state index contributed by atoms with van der Waals surface area (Å²) in [5.74, 6) is 1.69. The van der Waals surface area contributed by atoms with Crippen molar-refractivity contribution in [1.82, 2.24) is 10.3 Å². The fourth-order valence-electron chi connectivity index (χ4n) is 3.21. The second-order valence-corrected chi connectivity index (χ2v) is 6.65. The Morgan fingerprint density at radius 1 is 1.26 bits per heavy atom. The van der Waals surface area contributed by atoms with Crippen molar-refractivity contribution >= 4 is 21.6 Å². The number of aromatic nitrogens is 1. The lowest BCUT2D eigenvalue weighted by Gasteiger charge is -2.18. The molecule has 1 aromatic heterocycles. The largest absolute Gasteiger partial charge is 0.317 e. The Labute approximate surface area is 119 Å². The van der Waals surface area contributed by atoms with Crippen LogP contribution in [0.15, 0.2) is 24.3 Å². The number of hydrogen-bond acceptors (Lipinski definition) is 3. The highest BCUT2D eigenvalue weighted by atomic mass is 32.1. The number of fused-ring (bicyclic) bond motifs is 1. The van der Waals surface area contributed by atoms with Gasteiger partial charge in [0.05, 0.1) is 15.2 Å². The van der Waals surface area contributed by atoms with Crippen molar-refractivity contribution < 1.29 is 0 Å². The summed E-state index contributed by atoms with van der Waals surface area (Å²) in [5.41, 5.74) is 1.17. The number of thiazole rings is 1. The van der Waals surface area contributed by atoms with Gasteiger partial charge < -0.3 is 5.32 Å². The number of hydrogen-bond donors (Lipinski definition) is 1. The first kappa shape index (κ1) is 13.1. The molecule has 1 N–H and O–H groups in total. The summed E-state index contributed by atoms with van der Waals surface area (Å²) in [7, 11) is 0. The molecule has 1 aliphatic carbocycles. The first-order valence-electron chi connectivity index (χ1n) is 7.42. The second-order valence-electron chi connectivity index (χ2n) is 5.54. The molecular weight excluding hydrogens is 252 g/mol. The minimum absolute atomic E-state index is 0.833. The van der Waals surface area contributed by atoms with E-state index in [1.165, 1.54) is 47.5 Å². The fourth-order valence-corrected chi connectivity index (χ4v) is 4.27. The van der Waals surface area contributed by atoms with Crippen LogP contribution in [0.4, 0.5) is 0 Å². The summed E-state index contributed by atoms with van der Waals surface area (Å²) >= 11 is 1.88. The number of nitrogens with one attached hydrogen (secondary N) is 1. The Kier molecular flexibility index (Phi) is 4.14. The van der Waals surface area contributed by atoms with E-state index >= 15 is 0 Å². The predicted molar refractivity (Wildman–Crippen MR) is 82.7 cm³/mol. The van der Waals surface area contributed by atoms with Gasteiger partial charge >= 0.3 is 0 Å². The molecule has 102 valence electrons. The van der Waals surface area contributed by atoms with E-state index in [0.29, 0.717) is 0 Å². The van der Waals surface area contributed by atoms with E-state index in [2.05, 4.69) is 36.5 Å². The first-order chi connectivity index (χ1) is 9.36. The zero-order valence-corrected chi connectivity index (χ0v) is 12.4. The second kappa shape index (κ2) is 6.02. The van der Waals surface area contributed by atoms with Crippen molar-refractivity contribution in [2.45, 2.75) is 32.6 Å². The Balaban J connectivity index is 1.69. The maximum Gasteiger partial charge on any atom is 0.0941 e. The molecule has 2 atom stereocenters. The van der Waals surface area contributed by atoms with Crippen molar-refractivity contribution in [2.24, 2.45) is 11.8 Å². The molecule has 1 aromatic carbocycles. The first-order valence-corrected chi connectivity index (χ1v) is 8.23. The van der Waals surface area contributed by atoms with Crippen molar-refractivity contribution in [2.75, 3.05) is 13.1 Å². The Bertz CT molecular complexity index is 501. The summed E-state index contributed by atoms with van der Waals surface area (Å²) in [5, 5.41) is 4.84. The maximum absolute atomic E-state index is 4.79. The fraction of sp³-hybridized carbons (Fsp3) is 0.562. The van der Waals surface area contributed by atoms with Gasteiger partial charge in [0.1, 0.15) is 0 Å². The van der Waals surface area contributed by atoms with Gasteiger partial charge in [0.15, 0.2) is 0 Å². The lowest BCUT2D eigenvalue weighted by Crippen LogP contribution is -2.25. The molecule has 3 rings (SSSR count). The maximum atomic E-state index is 4.79. The molecule has 0 saturated heterocycles. The number of nitrogens with zero attached hydrogens (tertiary/aromatic N) is 1. The molecular formula is C16H22N2S. The number of benzene rings is 1. The third kappa shape index (κ3) is 2.98. The van der Waals surface area contributed by atoms with Gasteiger partial charge in [-0.15, -0.1) is 11.3 Å². The Morgan fingerprint density at radius 2 is 2.11 bits per heavy atom. The third-order valence-corrected chi connectivity index (χ3v) is 5.31. The van der Waals surface area contributed by atoms with Crippen molar-refractivity contribution in [1.29, 1.82) is 0 Å². The zero-order chi connectivity index (χ0) is 13.1. The normalized spacial score (nSPS) is 23.2. The molecule has 0 amide bonds. The van der Waals surface area contributed by atoms with Gasteiger partial charge in [0.25, 0.3) is 0 Å². The average molecular weight is 274 g/mol. The SMILES string of the molecule is CCNCC1CCCC1Cc1nc2ccccc2s1. The average Bonchev–Trinajstić information content (AvgIpc) is 3.02. The zero-order valence-electron chi connectivity index (χ0n) is 11.6. The molecule has 2 aromatic rings. The van der Waals surface area contributed by atoms with Gasteiger partial charge in [-0.1, -0.05) is 25.5 Å². The molecule has 1 saturated carbocycles. The molecule has 0 radical (unpaired) electrons. The minimum Gasteiger partial charge on any atom is -0.317 e. The molecule has 2 unspecified atom stereocenters. The molecule has 1 fully saturated rings. The van der Waals surface area contributed by atoms with Crippen molar-refractivity contribution in [3.05, 3.63) is 29.3 Å². The van der Waals surface area contributed by atoms with Crippen LogP contribution in [0.3, 0.4) is 0 Å². The van der Waals surface area contributed by atoms with Gasteiger partial charge in [-0.2, -0.15) is 0 Å². The lowest BCUT2D eigenvalue weighted by molar-refractivity contribution is 0.368. The number of rotatable bonds is 5. The number of para-hydroxylation sites is 1. The Hall–Kier alpha value is -0.930. The van der Waals surface area contributed by atoms with Crippen LogP contribution in [0, 0.1) is 11.8 Å². The minimum atomic E-state index is 0.833. The summed E-state index contributed by atoms with van der Waals surface area (Å²) in [4.78, 5) is 4.79. The van der Waals surface area contributed by atoms with E-state index in [1.807, 2.05) is 11.3 Å². The lowest BCUT2D eigenvalue weighted by atomic mass is 9.93. The molecule has 3 heteroatoms. The van der Waals surface area contributed by atoms with E-state index in [4.69, 9.17) is 4.98 Å². The third-order valence-electron chi connectivity index (χ3n) is 4.25. The molecule has 0 spiro atoms. The molecule has 1 aliphatic rings. The highest BCUT2D eigenvalue weighted by molar-refractivity contribution is 7.18. The monoisotopic (exact) mass is 274 g/mol. The van der Waals surface area contributed by atoms with E-state index in [1.54, 1.807) is 0 Å². The molecule has 2 nitrogen and oxygen atoms in total. The highest BCUT2D eigenvalue weighted by Crippen LogP contribution is 2.35. The van der Waals surface area contributed by atoms with E-state index in [0.717, 1.165) is 18.4 Å². The van der Waals surface area contributed by atoms with Crippen LogP contribution in [0.1, 0.15) is 31.2 Å². The van der Waals surface area contributed by atoms with Crippen molar-refractivity contribution in [3.63, 3.8) is 0 Å². The molecule has 0 bridgehead atoms. The van der Waals surface area contributed by atoms with Crippen LogP contribution < -0.4 is 5.32 Å². The van der Waals surface area contributed by atoms with Crippen LogP contribution >= 0.6 is 11.3 Å². The summed E-state index contributed by atoms with van der Waals surface area (Å²) in [6, 6.07) is 8.49. The highest BCUT2D eigenvalue weighted by Gasteiger charge is 2.27. The molecule has 1 heterocycles. The van der Waals surface area contributed by atoms with E-state index < -0.39 is 0 Å². The van der Waals surface area contributed by atoms with E-state index in [9.17, 15) is 0 Å². The van der Waals surface area contributed by atoms with Gasteiger partial charge in [-0.25, -0.2) is 4.98 Å². The summed E-state index contributed by atoms with van der Waals surface area (Å²) in [6.07, 6.45) is 5.34. The smallest absolute Gasteiger partial charge is 0.0941 e. The van der Waals surface area contributed by atoms with Crippen LogP contribution in [0.5, 0.6) is 0 Å². The van der Waals surface area contributed by atoms with Crippen LogP contribution in [0.2, 0.25) is 0 Å². The summed E-state index contributed by atoms with van der Waals surface area (Å²) < 4.78 is 1.33. The molecule has 19 heavy (non-hydrogen) atoms. The van der Waals surface area contributed by atoms with Crippen LogP contribution in [-0.4, -0.2) is 18.1 Å². The van der Waals surface area contributed by atoms with E-state index in [-0.39, 0.29) is 0 Å². The van der Waals surface area contributed by atoms with Gasteiger partial charge in [0, 0.05) is 6.42 Å². The van der Waals surface area contributed by atoms with Crippen LogP contribution in [0.25, 0.3) is 10.2 Å². The Morgan fingerprint density at radius 3 is 2.95 bits per heavy atom.